The molecule has 0 aromatic rings. The van der Waals surface area contributed by atoms with Crippen LogP contribution in [0.15, 0.2) is 12.4 Å². The first-order valence-electron chi connectivity index (χ1n) is 9.91. The number of hydrogen-bond acceptors (Lipinski definition) is 5. The lowest BCUT2D eigenvalue weighted by Crippen LogP contribution is -2.55. The minimum Gasteiger partial charge on any atom is -0.450 e. The van der Waals surface area contributed by atoms with Crippen molar-refractivity contribution < 1.29 is 9.53 Å². The molecule has 6 nitrogen and oxygen atoms in total. The maximum atomic E-state index is 11.9. The van der Waals surface area contributed by atoms with E-state index in [9.17, 15) is 4.79 Å². The Morgan fingerprint density at radius 3 is 2.68 bits per heavy atom. The number of nitrogens with zero attached hydrogens (tertiary/aromatic N) is 3. The van der Waals surface area contributed by atoms with Crippen LogP contribution in [-0.2, 0) is 4.74 Å². The molecule has 1 unspecified atom stereocenters. The maximum absolute atomic E-state index is 11.9. The van der Waals surface area contributed by atoms with Crippen LogP contribution >= 0.6 is 0 Å². The molecule has 4 aliphatic rings. The summed E-state index contributed by atoms with van der Waals surface area (Å²) in [6.07, 6.45) is 10.8. The van der Waals surface area contributed by atoms with Crippen LogP contribution in [0.4, 0.5) is 4.79 Å². The third kappa shape index (κ3) is 3.21. The Morgan fingerprint density at radius 1 is 1.28 bits per heavy atom. The van der Waals surface area contributed by atoms with Crippen LogP contribution in [0.5, 0.6) is 0 Å². The molecule has 3 aliphatic heterocycles. The lowest BCUT2D eigenvalue weighted by atomic mass is 9.64. The smallest absolute Gasteiger partial charge is 0.409 e. The van der Waals surface area contributed by atoms with E-state index >= 15 is 0 Å². The Balaban J connectivity index is 1.22. The van der Waals surface area contributed by atoms with Crippen molar-refractivity contribution in [2.45, 2.75) is 51.2 Å². The number of likely N-dealkylation sites (tertiary alicyclic amines) is 2. The van der Waals surface area contributed by atoms with Gasteiger partial charge in [0.1, 0.15) is 6.17 Å². The fraction of sp³-hybridized carbons (Fsp3) is 0.842. The Morgan fingerprint density at radius 2 is 2.04 bits per heavy atom. The summed E-state index contributed by atoms with van der Waals surface area (Å²) in [4.78, 5) is 18.9. The summed E-state index contributed by atoms with van der Waals surface area (Å²) in [6, 6.07) is 0.732. The van der Waals surface area contributed by atoms with E-state index in [1.165, 1.54) is 38.8 Å². The van der Waals surface area contributed by atoms with Crippen molar-refractivity contribution in [1.82, 2.24) is 20.0 Å². The molecule has 1 aliphatic carbocycles. The van der Waals surface area contributed by atoms with Gasteiger partial charge in [0.2, 0.25) is 0 Å². The summed E-state index contributed by atoms with van der Waals surface area (Å²) in [5.41, 5.74) is 0.380. The highest BCUT2D eigenvalue weighted by Gasteiger charge is 2.51. The van der Waals surface area contributed by atoms with Gasteiger partial charge in [0.25, 0.3) is 0 Å². The zero-order valence-electron chi connectivity index (χ0n) is 15.6. The molecule has 140 valence electrons. The van der Waals surface area contributed by atoms with Gasteiger partial charge in [-0.05, 0) is 57.5 Å². The molecular formula is C19H32N4O2. The van der Waals surface area contributed by atoms with Crippen molar-refractivity contribution in [2.24, 2.45) is 11.3 Å². The quantitative estimate of drug-likeness (QED) is 0.846. The van der Waals surface area contributed by atoms with E-state index in [1.807, 2.05) is 11.8 Å². The first kappa shape index (κ1) is 17.0. The molecule has 3 heterocycles. The van der Waals surface area contributed by atoms with Gasteiger partial charge >= 0.3 is 6.09 Å². The minimum absolute atomic E-state index is 0.120. The van der Waals surface area contributed by atoms with Crippen molar-refractivity contribution in [2.75, 3.05) is 39.8 Å². The molecule has 0 radical (unpaired) electrons. The molecule has 1 spiro atoms. The van der Waals surface area contributed by atoms with Gasteiger partial charge in [-0.15, -0.1) is 0 Å². The molecule has 1 N–H and O–H groups in total. The molecule has 0 aromatic carbocycles. The lowest BCUT2D eigenvalue weighted by Gasteiger charge is -2.52. The minimum atomic E-state index is -0.120. The van der Waals surface area contributed by atoms with Gasteiger partial charge in [-0.3, -0.25) is 0 Å². The summed E-state index contributed by atoms with van der Waals surface area (Å²) >= 11 is 0. The summed E-state index contributed by atoms with van der Waals surface area (Å²) in [7, 11) is 2.17. The average molecular weight is 348 g/mol. The Bertz CT molecular complexity index is 524. The molecule has 1 saturated carbocycles. The highest BCUT2D eigenvalue weighted by molar-refractivity contribution is 5.68. The topological polar surface area (TPSA) is 48.1 Å². The molecule has 1 atom stereocenters. The number of hydrogen-bond donors (Lipinski definition) is 1. The monoisotopic (exact) mass is 348 g/mol. The van der Waals surface area contributed by atoms with Gasteiger partial charge in [0, 0.05) is 44.5 Å². The van der Waals surface area contributed by atoms with Crippen molar-refractivity contribution in [3.63, 3.8) is 0 Å². The van der Waals surface area contributed by atoms with Crippen molar-refractivity contribution in [1.29, 1.82) is 0 Å². The van der Waals surface area contributed by atoms with Gasteiger partial charge in [0.15, 0.2) is 0 Å². The van der Waals surface area contributed by atoms with Crippen LogP contribution in [-0.4, -0.2) is 72.8 Å². The van der Waals surface area contributed by atoms with E-state index in [4.69, 9.17) is 4.74 Å². The fourth-order valence-electron chi connectivity index (χ4n) is 5.38. The van der Waals surface area contributed by atoms with E-state index in [-0.39, 0.29) is 6.09 Å². The Hall–Kier alpha value is -1.43. The summed E-state index contributed by atoms with van der Waals surface area (Å²) in [6.45, 7) is 6.57. The van der Waals surface area contributed by atoms with Crippen molar-refractivity contribution in [3.05, 3.63) is 12.4 Å². The van der Waals surface area contributed by atoms with E-state index < -0.39 is 0 Å². The van der Waals surface area contributed by atoms with Gasteiger partial charge in [-0.1, -0.05) is 0 Å². The number of ether oxygens (including phenoxy) is 1. The van der Waals surface area contributed by atoms with Crippen LogP contribution in [0, 0.1) is 11.3 Å². The normalized spacial score (nSPS) is 35.9. The second-order valence-corrected chi connectivity index (χ2v) is 8.40. The predicted molar refractivity (Wildman–Crippen MR) is 96.8 cm³/mol. The third-order valence-corrected chi connectivity index (χ3v) is 6.85. The molecule has 0 bridgehead atoms. The number of carbonyl (C=O) groups excluding carboxylic acids is 1. The van der Waals surface area contributed by atoms with Crippen molar-refractivity contribution >= 4 is 6.09 Å². The Kier molecular flexibility index (Phi) is 4.56. The molecule has 0 aromatic heterocycles. The van der Waals surface area contributed by atoms with E-state index in [0.29, 0.717) is 18.2 Å². The lowest BCUT2D eigenvalue weighted by molar-refractivity contribution is -0.0153. The first-order chi connectivity index (χ1) is 12.1. The second-order valence-electron chi connectivity index (χ2n) is 8.40. The standard InChI is InChI=1S/C19H32N4O2/c1-3-25-18(24)23-10-6-19(14-23)12-16(13-19)22-8-4-15(5-9-22)17-20-7-11-21(17)2/h7,11,15-17,20H,3-6,8-10,12-14H2,1-2H3. The van der Waals surface area contributed by atoms with E-state index in [0.717, 1.165) is 31.5 Å². The molecule has 25 heavy (non-hydrogen) atoms. The SMILES string of the molecule is CCOC(=O)N1CCC2(CC(N3CCC(C4NC=CN4C)CC3)C2)C1. The zero-order valence-corrected chi connectivity index (χ0v) is 15.6. The molecule has 3 fully saturated rings. The Labute approximate surface area is 151 Å². The molecular weight excluding hydrogens is 316 g/mol. The summed E-state index contributed by atoms with van der Waals surface area (Å²) in [5.74, 6) is 0.746. The number of piperidine rings is 1. The largest absolute Gasteiger partial charge is 0.450 e. The molecule has 6 heteroatoms. The predicted octanol–water partition coefficient (Wildman–Crippen LogP) is 2.04. The van der Waals surface area contributed by atoms with Crippen LogP contribution < -0.4 is 5.32 Å². The second kappa shape index (κ2) is 6.71. The number of amides is 1. The highest BCUT2D eigenvalue weighted by atomic mass is 16.6. The van der Waals surface area contributed by atoms with Crippen LogP contribution in [0.3, 0.4) is 0 Å². The summed E-state index contributed by atoms with van der Waals surface area (Å²) < 4.78 is 5.16. The molecule has 4 rings (SSSR count). The molecule has 2 saturated heterocycles. The van der Waals surface area contributed by atoms with Crippen LogP contribution in [0.25, 0.3) is 0 Å². The highest BCUT2D eigenvalue weighted by Crippen LogP contribution is 2.50. The first-order valence-corrected chi connectivity index (χ1v) is 9.91. The van der Waals surface area contributed by atoms with Crippen LogP contribution in [0.1, 0.15) is 39.0 Å². The van der Waals surface area contributed by atoms with E-state index in [1.54, 1.807) is 0 Å². The van der Waals surface area contributed by atoms with Crippen molar-refractivity contribution in [3.8, 4) is 0 Å². The number of rotatable bonds is 3. The third-order valence-electron chi connectivity index (χ3n) is 6.85. The van der Waals surface area contributed by atoms with Gasteiger partial charge in [-0.25, -0.2) is 4.79 Å². The maximum Gasteiger partial charge on any atom is 0.409 e. The van der Waals surface area contributed by atoms with Gasteiger partial charge in [-0.2, -0.15) is 0 Å². The zero-order chi connectivity index (χ0) is 17.4. The fourth-order valence-corrected chi connectivity index (χ4v) is 5.38. The van der Waals surface area contributed by atoms with E-state index in [2.05, 4.69) is 34.6 Å². The summed E-state index contributed by atoms with van der Waals surface area (Å²) in [5, 5.41) is 3.49. The average Bonchev–Trinajstić information content (AvgIpc) is 3.21. The molecule has 1 amide bonds. The van der Waals surface area contributed by atoms with Gasteiger partial charge < -0.3 is 24.8 Å². The van der Waals surface area contributed by atoms with Crippen LogP contribution in [0.2, 0.25) is 0 Å². The number of nitrogens with one attached hydrogen (secondary N) is 1. The number of carbonyl (C=O) groups is 1. The van der Waals surface area contributed by atoms with Gasteiger partial charge in [0.05, 0.1) is 6.61 Å².